The third-order valence-electron chi connectivity index (χ3n) is 3.05. The molecule has 1 aromatic heterocycles. The summed E-state index contributed by atoms with van der Waals surface area (Å²) in [7, 11) is 3.52. The van der Waals surface area contributed by atoms with Gasteiger partial charge in [-0.2, -0.15) is 0 Å². The summed E-state index contributed by atoms with van der Waals surface area (Å²) in [6, 6.07) is 8.25. The normalized spacial score (nSPS) is 10.3. The van der Waals surface area contributed by atoms with Crippen molar-refractivity contribution in [2.75, 3.05) is 24.8 Å². The Labute approximate surface area is 113 Å². The smallest absolute Gasteiger partial charge is 0.204 e. The monoisotopic (exact) mass is 258 g/mol. The molecule has 0 saturated carbocycles. The first-order valence-electron chi connectivity index (χ1n) is 6.03. The van der Waals surface area contributed by atoms with Crippen LogP contribution in [0.2, 0.25) is 0 Å². The van der Waals surface area contributed by atoms with Crippen LogP contribution in [0.1, 0.15) is 11.1 Å². The predicted octanol–water partition coefficient (Wildman–Crippen LogP) is 2.01. The maximum atomic E-state index is 5.79. The van der Waals surface area contributed by atoms with Crippen molar-refractivity contribution < 1.29 is 4.74 Å². The van der Waals surface area contributed by atoms with E-state index < -0.39 is 0 Å². The fraction of sp³-hybridized carbons (Fsp3) is 0.286. The minimum Gasteiger partial charge on any atom is -0.490 e. The number of benzene rings is 1. The Kier molecular flexibility index (Phi) is 3.85. The number of methoxy groups -OCH3 is 1. The molecule has 0 spiro atoms. The number of nitrogens with two attached hydrogens (primary N) is 1. The van der Waals surface area contributed by atoms with Gasteiger partial charge in [0.25, 0.3) is 0 Å². The second kappa shape index (κ2) is 5.56. The van der Waals surface area contributed by atoms with Crippen molar-refractivity contribution in [2.45, 2.75) is 13.5 Å². The second-order valence-corrected chi connectivity index (χ2v) is 4.40. The highest BCUT2D eigenvalue weighted by molar-refractivity contribution is 5.62. The van der Waals surface area contributed by atoms with Gasteiger partial charge in [-0.25, -0.2) is 9.97 Å². The van der Waals surface area contributed by atoms with Crippen LogP contribution in [0.5, 0.6) is 5.75 Å². The molecule has 100 valence electrons. The van der Waals surface area contributed by atoms with Gasteiger partial charge in [-0.3, -0.25) is 0 Å². The molecule has 0 aliphatic carbocycles. The number of nitrogen functional groups attached to an aromatic ring is 1. The maximum Gasteiger partial charge on any atom is 0.204 e. The van der Waals surface area contributed by atoms with Crippen LogP contribution in [0.25, 0.3) is 0 Å². The fourth-order valence-electron chi connectivity index (χ4n) is 1.96. The van der Waals surface area contributed by atoms with E-state index in [2.05, 4.69) is 29.0 Å². The lowest BCUT2D eigenvalue weighted by Gasteiger charge is -2.21. The lowest BCUT2D eigenvalue weighted by Crippen LogP contribution is -2.20. The molecule has 2 rings (SSSR count). The van der Waals surface area contributed by atoms with E-state index in [1.807, 2.05) is 24.1 Å². The van der Waals surface area contributed by atoms with Crippen LogP contribution in [0.3, 0.4) is 0 Å². The van der Waals surface area contributed by atoms with Gasteiger partial charge >= 0.3 is 0 Å². The van der Waals surface area contributed by atoms with Gasteiger partial charge in [0.1, 0.15) is 6.33 Å². The number of aryl methyl sites for hydroxylation is 1. The minimum absolute atomic E-state index is 0.351. The summed E-state index contributed by atoms with van der Waals surface area (Å²) < 4.78 is 5.27. The number of hydrogen-bond acceptors (Lipinski definition) is 5. The summed E-state index contributed by atoms with van der Waals surface area (Å²) in [5.74, 6) is 1.56. The van der Waals surface area contributed by atoms with Crippen molar-refractivity contribution in [2.24, 2.45) is 0 Å². The molecule has 1 heterocycles. The minimum atomic E-state index is 0.351. The van der Waals surface area contributed by atoms with Gasteiger partial charge in [0.2, 0.25) is 5.75 Å². The molecule has 0 aliphatic rings. The summed E-state index contributed by atoms with van der Waals surface area (Å²) in [5, 5.41) is 0. The van der Waals surface area contributed by atoms with Crippen LogP contribution < -0.4 is 15.4 Å². The van der Waals surface area contributed by atoms with E-state index in [-0.39, 0.29) is 0 Å². The first kappa shape index (κ1) is 13.1. The summed E-state index contributed by atoms with van der Waals surface area (Å²) in [6.07, 6.45) is 1.45. The molecule has 0 amide bonds. The van der Waals surface area contributed by atoms with Crippen LogP contribution in [-0.4, -0.2) is 24.1 Å². The number of ether oxygens (including phenoxy) is 1. The Morgan fingerprint density at radius 3 is 2.68 bits per heavy atom. The molecular formula is C14H18N4O. The van der Waals surface area contributed by atoms with Gasteiger partial charge in [0.05, 0.1) is 7.11 Å². The molecule has 5 heteroatoms. The average molecular weight is 258 g/mol. The number of hydrogen-bond donors (Lipinski definition) is 1. The summed E-state index contributed by atoms with van der Waals surface area (Å²) in [5.41, 5.74) is 8.28. The number of anilines is 2. The first-order valence-corrected chi connectivity index (χ1v) is 6.03. The van der Waals surface area contributed by atoms with Gasteiger partial charge in [0, 0.05) is 13.6 Å². The van der Waals surface area contributed by atoms with Crippen LogP contribution in [0.15, 0.2) is 30.6 Å². The zero-order valence-electron chi connectivity index (χ0n) is 11.4. The van der Waals surface area contributed by atoms with E-state index in [4.69, 9.17) is 10.5 Å². The highest BCUT2D eigenvalue weighted by Crippen LogP contribution is 2.29. The molecule has 0 atom stereocenters. The lowest BCUT2D eigenvalue weighted by atomic mass is 10.1. The largest absolute Gasteiger partial charge is 0.490 e. The number of rotatable bonds is 4. The van der Waals surface area contributed by atoms with E-state index in [1.54, 1.807) is 7.11 Å². The van der Waals surface area contributed by atoms with Crippen molar-refractivity contribution in [3.8, 4) is 5.75 Å². The maximum absolute atomic E-state index is 5.79. The fourth-order valence-corrected chi connectivity index (χ4v) is 1.96. The SMILES string of the molecule is COc1c(N)ncnc1N(C)Cc1ccccc1C. The van der Waals surface area contributed by atoms with Crippen molar-refractivity contribution in [1.82, 2.24) is 9.97 Å². The molecule has 0 fully saturated rings. The zero-order chi connectivity index (χ0) is 13.8. The standard InChI is InChI=1S/C14H18N4O/c1-10-6-4-5-7-11(10)8-18(2)14-12(19-3)13(15)16-9-17-14/h4-7,9H,8H2,1-3H3,(H2,15,16,17). The molecular weight excluding hydrogens is 240 g/mol. The van der Waals surface area contributed by atoms with Gasteiger partial charge in [-0.1, -0.05) is 24.3 Å². The molecule has 2 aromatic rings. The molecule has 19 heavy (non-hydrogen) atoms. The summed E-state index contributed by atoms with van der Waals surface area (Å²) in [6.45, 7) is 2.83. The summed E-state index contributed by atoms with van der Waals surface area (Å²) >= 11 is 0. The van der Waals surface area contributed by atoms with Crippen LogP contribution >= 0.6 is 0 Å². The molecule has 2 N–H and O–H groups in total. The molecule has 1 aromatic carbocycles. The van der Waals surface area contributed by atoms with E-state index in [9.17, 15) is 0 Å². The average Bonchev–Trinajstić information content (AvgIpc) is 2.41. The first-order chi connectivity index (χ1) is 9.13. The molecule has 5 nitrogen and oxygen atoms in total. The number of nitrogens with zero attached hydrogens (tertiary/aromatic N) is 3. The zero-order valence-corrected chi connectivity index (χ0v) is 11.4. The molecule has 0 radical (unpaired) electrons. The predicted molar refractivity (Wildman–Crippen MR) is 76.3 cm³/mol. The Bertz CT molecular complexity index is 571. The van der Waals surface area contributed by atoms with Gasteiger partial charge in [0.15, 0.2) is 11.6 Å². The molecule has 0 aliphatic heterocycles. The third-order valence-corrected chi connectivity index (χ3v) is 3.05. The van der Waals surface area contributed by atoms with Gasteiger partial charge in [-0.05, 0) is 18.1 Å². The Hall–Kier alpha value is -2.30. The molecule has 0 unspecified atom stereocenters. The van der Waals surface area contributed by atoms with E-state index in [1.165, 1.54) is 17.5 Å². The van der Waals surface area contributed by atoms with Crippen LogP contribution in [0.4, 0.5) is 11.6 Å². The second-order valence-electron chi connectivity index (χ2n) is 4.40. The highest BCUT2D eigenvalue weighted by Gasteiger charge is 2.14. The van der Waals surface area contributed by atoms with Crippen molar-refractivity contribution in [3.63, 3.8) is 0 Å². The van der Waals surface area contributed by atoms with E-state index in [0.29, 0.717) is 17.4 Å². The Morgan fingerprint density at radius 2 is 2.00 bits per heavy atom. The van der Waals surface area contributed by atoms with E-state index in [0.717, 1.165) is 6.54 Å². The number of aromatic nitrogens is 2. The van der Waals surface area contributed by atoms with Crippen LogP contribution in [0, 0.1) is 6.92 Å². The highest BCUT2D eigenvalue weighted by atomic mass is 16.5. The topological polar surface area (TPSA) is 64.3 Å². The lowest BCUT2D eigenvalue weighted by molar-refractivity contribution is 0.413. The van der Waals surface area contributed by atoms with Gasteiger partial charge < -0.3 is 15.4 Å². The van der Waals surface area contributed by atoms with Crippen molar-refractivity contribution >= 4 is 11.6 Å². The van der Waals surface area contributed by atoms with E-state index >= 15 is 0 Å². The summed E-state index contributed by atoms with van der Waals surface area (Å²) in [4.78, 5) is 10.2. The quantitative estimate of drug-likeness (QED) is 0.908. The van der Waals surface area contributed by atoms with Gasteiger partial charge in [-0.15, -0.1) is 0 Å². The third kappa shape index (κ3) is 2.76. The molecule has 0 bridgehead atoms. The van der Waals surface area contributed by atoms with Crippen LogP contribution in [-0.2, 0) is 6.54 Å². The van der Waals surface area contributed by atoms with Crippen molar-refractivity contribution in [1.29, 1.82) is 0 Å². The Morgan fingerprint density at radius 1 is 1.26 bits per heavy atom. The molecule has 0 saturated heterocycles. The van der Waals surface area contributed by atoms with Crippen molar-refractivity contribution in [3.05, 3.63) is 41.7 Å². The Balaban J connectivity index is 2.28.